The van der Waals surface area contributed by atoms with Gasteiger partial charge in [-0.25, -0.2) is 0 Å². The van der Waals surface area contributed by atoms with Crippen molar-refractivity contribution in [1.82, 2.24) is 5.32 Å². The average Bonchev–Trinajstić information content (AvgIpc) is 3.26. The fraction of sp³-hybridized carbons (Fsp3) is 0.588. The van der Waals surface area contributed by atoms with Crippen LogP contribution in [0.1, 0.15) is 38.7 Å². The third-order valence-electron chi connectivity index (χ3n) is 3.66. The average molecular weight is 291 g/mol. The minimum absolute atomic E-state index is 0.358. The molecule has 0 radical (unpaired) electrons. The maximum absolute atomic E-state index is 11.2. The molecule has 1 aliphatic rings. The van der Waals surface area contributed by atoms with E-state index in [1.165, 1.54) is 12.8 Å². The Morgan fingerprint density at radius 2 is 2.00 bits per heavy atom. The fourth-order valence-corrected chi connectivity index (χ4v) is 2.19. The molecule has 0 saturated heterocycles. The summed E-state index contributed by atoms with van der Waals surface area (Å²) in [6.07, 6.45) is 3.21. The van der Waals surface area contributed by atoms with E-state index >= 15 is 0 Å². The first-order valence-corrected chi connectivity index (χ1v) is 7.72. The van der Waals surface area contributed by atoms with Gasteiger partial charge in [0, 0.05) is 6.54 Å². The van der Waals surface area contributed by atoms with E-state index in [9.17, 15) is 9.90 Å². The number of hydrogen-bond acceptors (Lipinski definition) is 3. The van der Waals surface area contributed by atoms with Gasteiger partial charge in [0.1, 0.15) is 11.8 Å². The third-order valence-corrected chi connectivity index (χ3v) is 3.66. The summed E-state index contributed by atoms with van der Waals surface area (Å²) in [5.41, 5.74) is 1.07. The predicted molar refractivity (Wildman–Crippen MR) is 82.4 cm³/mol. The van der Waals surface area contributed by atoms with Crippen LogP contribution in [0, 0.1) is 11.8 Å². The lowest BCUT2D eigenvalue weighted by atomic mass is 10.0. The van der Waals surface area contributed by atoms with E-state index < -0.39 is 12.0 Å². The van der Waals surface area contributed by atoms with Crippen LogP contribution in [0.5, 0.6) is 5.75 Å². The van der Waals surface area contributed by atoms with Crippen molar-refractivity contribution in [3.05, 3.63) is 29.8 Å². The standard InChI is InChI=1S/C17H25NO3/c1-12(2)9-16(17(19)20)18-10-13-5-7-15(8-6-13)21-11-14-3-4-14/h5-8,12,14,16,18H,3-4,9-11H2,1-2H3,(H,19,20)/t16-/m0/s1. The Morgan fingerprint density at radius 1 is 1.33 bits per heavy atom. The van der Waals surface area contributed by atoms with Crippen LogP contribution in [-0.2, 0) is 11.3 Å². The molecule has 1 aromatic rings. The highest BCUT2D eigenvalue weighted by Gasteiger charge is 2.22. The van der Waals surface area contributed by atoms with E-state index in [4.69, 9.17) is 4.74 Å². The fourth-order valence-electron chi connectivity index (χ4n) is 2.19. The highest BCUT2D eigenvalue weighted by Crippen LogP contribution is 2.29. The molecule has 2 N–H and O–H groups in total. The zero-order valence-corrected chi connectivity index (χ0v) is 12.8. The Morgan fingerprint density at radius 3 is 2.52 bits per heavy atom. The number of carboxylic acids is 1. The summed E-state index contributed by atoms with van der Waals surface area (Å²) >= 11 is 0. The molecule has 0 aromatic heterocycles. The highest BCUT2D eigenvalue weighted by atomic mass is 16.5. The van der Waals surface area contributed by atoms with E-state index in [0.717, 1.165) is 23.8 Å². The molecule has 0 aliphatic heterocycles. The van der Waals surface area contributed by atoms with Crippen LogP contribution in [-0.4, -0.2) is 23.7 Å². The first-order chi connectivity index (χ1) is 10.0. The lowest BCUT2D eigenvalue weighted by Gasteiger charge is -2.16. The molecule has 4 heteroatoms. The van der Waals surface area contributed by atoms with Crippen molar-refractivity contribution >= 4 is 5.97 Å². The van der Waals surface area contributed by atoms with Gasteiger partial charge in [-0.05, 0) is 48.8 Å². The van der Waals surface area contributed by atoms with Crippen LogP contribution >= 0.6 is 0 Å². The molecular weight excluding hydrogens is 266 g/mol. The van der Waals surface area contributed by atoms with Crippen LogP contribution in [0.3, 0.4) is 0 Å². The van der Waals surface area contributed by atoms with E-state index in [1.54, 1.807) is 0 Å². The van der Waals surface area contributed by atoms with Crippen LogP contribution < -0.4 is 10.1 Å². The zero-order chi connectivity index (χ0) is 15.2. The molecule has 2 rings (SSSR count). The van der Waals surface area contributed by atoms with Gasteiger partial charge >= 0.3 is 5.97 Å². The van der Waals surface area contributed by atoms with Crippen molar-refractivity contribution in [3.8, 4) is 5.75 Å². The van der Waals surface area contributed by atoms with Crippen LogP contribution in [0.25, 0.3) is 0 Å². The van der Waals surface area contributed by atoms with Gasteiger partial charge in [0.2, 0.25) is 0 Å². The predicted octanol–water partition coefficient (Wildman–Crippen LogP) is 3.06. The molecule has 116 valence electrons. The molecule has 21 heavy (non-hydrogen) atoms. The zero-order valence-electron chi connectivity index (χ0n) is 12.8. The number of hydrogen-bond donors (Lipinski definition) is 2. The summed E-state index contributed by atoms with van der Waals surface area (Å²) < 4.78 is 5.69. The first-order valence-electron chi connectivity index (χ1n) is 7.72. The summed E-state index contributed by atoms with van der Waals surface area (Å²) in [5, 5.41) is 12.3. The minimum Gasteiger partial charge on any atom is -0.493 e. The number of benzene rings is 1. The summed E-state index contributed by atoms with van der Waals surface area (Å²) in [6.45, 7) is 5.44. The van der Waals surface area contributed by atoms with E-state index in [0.29, 0.717) is 18.9 Å². The molecule has 0 unspecified atom stereocenters. The van der Waals surface area contributed by atoms with Gasteiger partial charge < -0.3 is 15.2 Å². The first kappa shape index (κ1) is 15.8. The molecule has 1 atom stereocenters. The van der Waals surface area contributed by atoms with E-state index in [1.807, 2.05) is 38.1 Å². The van der Waals surface area contributed by atoms with Crippen molar-refractivity contribution in [1.29, 1.82) is 0 Å². The Hall–Kier alpha value is -1.55. The van der Waals surface area contributed by atoms with Crippen molar-refractivity contribution in [3.63, 3.8) is 0 Å². The third kappa shape index (κ3) is 5.76. The number of nitrogens with one attached hydrogen (secondary N) is 1. The molecular formula is C17H25NO3. The number of aliphatic carboxylic acids is 1. The summed E-state index contributed by atoms with van der Waals surface area (Å²) in [5.74, 6) is 1.21. The lowest BCUT2D eigenvalue weighted by molar-refractivity contribution is -0.140. The Balaban J connectivity index is 1.79. The summed E-state index contributed by atoms with van der Waals surface area (Å²) in [7, 11) is 0. The quantitative estimate of drug-likeness (QED) is 0.734. The Kier molecular flexibility index (Phi) is 5.62. The number of rotatable bonds is 9. The SMILES string of the molecule is CC(C)C[C@H](NCc1ccc(OCC2CC2)cc1)C(=O)O. The van der Waals surface area contributed by atoms with Gasteiger partial charge in [-0.2, -0.15) is 0 Å². The topological polar surface area (TPSA) is 58.6 Å². The van der Waals surface area contributed by atoms with Gasteiger partial charge in [0.25, 0.3) is 0 Å². The highest BCUT2D eigenvalue weighted by molar-refractivity contribution is 5.73. The van der Waals surface area contributed by atoms with Crippen molar-refractivity contribution < 1.29 is 14.6 Å². The Labute approximate surface area is 126 Å². The number of carboxylic acid groups (broad SMARTS) is 1. The molecule has 0 bridgehead atoms. The normalized spacial score (nSPS) is 16.0. The Bertz CT molecular complexity index is 452. The van der Waals surface area contributed by atoms with Gasteiger partial charge in [0.15, 0.2) is 0 Å². The number of ether oxygens (including phenoxy) is 1. The van der Waals surface area contributed by atoms with Gasteiger partial charge in [-0.1, -0.05) is 26.0 Å². The van der Waals surface area contributed by atoms with E-state index in [2.05, 4.69) is 5.32 Å². The van der Waals surface area contributed by atoms with Crippen LogP contribution in [0.4, 0.5) is 0 Å². The molecule has 0 heterocycles. The summed E-state index contributed by atoms with van der Waals surface area (Å²) in [6, 6.07) is 7.40. The number of carbonyl (C=O) groups is 1. The lowest BCUT2D eigenvalue weighted by Crippen LogP contribution is -2.37. The molecule has 1 aromatic carbocycles. The van der Waals surface area contributed by atoms with Crippen molar-refractivity contribution in [2.75, 3.05) is 6.61 Å². The van der Waals surface area contributed by atoms with Gasteiger partial charge in [-0.15, -0.1) is 0 Å². The van der Waals surface area contributed by atoms with Crippen molar-refractivity contribution in [2.24, 2.45) is 11.8 Å². The molecule has 0 amide bonds. The summed E-state index contributed by atoms with van der Waals surface area (Å²) in [4.78, 5) is 11.2. The van der Waals surface area contributed by atoms with E-state index in [-0.39, 0.29) is 0 Å². The largest absolute Gasteiger partial charge is 0.493 e. The second kappa shape index (κ2) is 7.46. The monoisotopic (exact) mass is 291 g/mol. The molecule has 0 spiro atoms. The maximum atomic E-state index is 11.2. The van der Waals surface area contributed by atoms with Gasteiger partial charge in [-0.3, -0.25) is 4.79 Å². The van der Waals surface area contributed by atoms with Crippen LogP contribution in [0.15, 0.2) is 24.3 Å². The molecule has 1 saturated carbocycles. The second-order valence-electron chi connectivity index (χ2n) is 6.30. The molecule has 1 aliphatic carbocycles. The minimum atomic E-state index is -0.784. The van der Waals surface area contributed by atoms with Crippen molar-refractivity contribution in [2.45, 2.75) is 45.7 Å². The smallest absolute Gasteiger partial charge is 0.320 e. The second-order valence-corrected chi connectivity index (χ2v) is 6.30. The molecule has 4 nitrogen and oxygen atoms in total. The molecule has 1 fully saturated rings. The van der Waals surface area contributed by atoms with Crippen LogP contribution in [0.2, 0.25) is 0 Å². The maximum Gasteiger partial charge on any atom is 0.320 e. The van der Waals surface area contributed by atoms with Gasteiger partial charge in [0.05, 0.1) is 6.61 Å².